The fraction of sp³-hybridized carbons (Fsp3) is 0.533. The van der Waals surface area contributed by atoms with Gasteiger partial charge in [-0.1, -0.05) is 22.9 Å². The van der Waals surface area contributed by atoms with Gasteiger partial charge in [-0.25, -0.2) is 4.39 Å². The van der Waals surface area contributed by atoms with Crippen LogP contribution in [0.1, 0.15) is 31.7 Å². The number of carbonyl (C=O) groups is 1. The van der Waals surface area contributed by atoms with E-state index in [2.05, 4.69) is 21.2 Å². The molecule has 1 aromatic rings. The molecule has 1 heterocycles. The smallest absolute Gasteiger partial charge is 0.144 e. The minimum absolute atomic E-state index is 0.152. The first-order valence-corrected chi connectivity index (χ1v) is 7.55. The summed E-state index contributed by atoms with van der Waals surface area (Å²) >= 11 is 3.32. The molecular formula is C15H19BrFNO. The highest BCUT2D eigenvalue weighted by Gasteiger charge is 2.37. The summed E-state index contributed by atoms with van der Waals surface area (Å²) in [6.07, 6.45) is 2.92. The van der Waals surface area contributed by atoms with Gasteiger partial charge < -0.3 is 5.32 Å². The van der Waals surface area contributed by atoms with Gasteiger partial charge in [0.15, 0.2) is 0 Å². The van der Waals surface area contributed by atoms with Gasteiger partial charge in [0.1, 0.15) is 11.6 Å². The summed E-state index contributed by atoms with van der Waals surface area (Å²) in [5.41, 5.74) is 0.172. The van der Waals surface area contributed by atoms with Gasteiger partial charge in [0.2, 0.25) is 0 Å². The van der Waals surface area contributed by atoms with Crippen molar-refractivity contribution in [1.82, 2.24) is 5.32 Å². The molecule has 2 rings (SSSR count). The zero-order valence-corrected chi connectivity index (χ0v) is 12.7. The van der Waals surface area contributed by atoms with Crippen molar-refractivity contribution in [2.24, 2.45) is 5.41 Å². The molecule has 1 aromatic carbocycles. The maximum Gasteiger partial charge on any atom is 0.144 e. The first kappa shape index (κ1) is 14.7. The van der Waals surface area contributed by atoms with E-state index < -0.39 is 0 Å². The molecule has 19 heavy (non-hydrogen) atoms. The Hall–Kier alpha value is -0.740. The number of piperidine rings is 1. The Labute approximate surface area is 121 Å². The van der Waals surface area contributed by atoms with E-state index in [1.54, 1.807) is 12.1 Å². The lowest BCUT2D eigenvalue weighted by atomic mass is 9.73. The third-order valence-corrected chi connectivity index (χ3v) is 4.59. The van der Waals surface area contributed by atoms with Gasteiger partial charge in [-0.05, 0) is 49.6 Å². The summed E-state index contributed by atoms with van der Waals surface area (Å²) in [5.74, 6) is -0.147. The predicted molar refractivity (Wildman–Crippen MR) is 77.6 cm³/mol. The molecule has 1 aliphatic heterocycles. The molecule has 1 saturated heterocycles. The number of Topliss-reactive ketones (excluding diaryl/α,β-unsaturated/α-hetero) is 1. The van der Waals surface area contributed by atoms with Gasteiger partial charge in [-0.2, -0.15) is 0 Å². The number of benzene rings is 1. The van der Waals surface area contributed by atoms with Crippen molar-refractivity contribution in [3.63, 3.8) is 0 Å². The van der Waals surface area contributed by atoms with Crippen molar-refractivity contribution in [2.45, 2.75) is 32.6 Å². The summed E-state index contributed by atoms with van der Waals surface area (Å²) in [6, 6.07) is 4.76. The third kappa shape index (κ3) is 3.23. The maximum atomic E-state index is 13.7. The predicted octanol–water partition coefficient (Wildman–Crippen LogP) is 3.48. The molecule has 0 saturated carbocycles. The summed E-state index contributed by atoms with van der Waals surface area (Å²) in [6.45, 7) is 3.74. The molecule has 0 bridgehead atoms. The Kier molecular flexibility index (Phi) is 4.74. The number of hydrogen-bond donors (Lipinski definition) is 1. The van der Waals surface area contributed by atoms with Crippen LogP contribution in [0.4, 0.5) is 4.39 Å². The number of halogens is 2. The van der Waals surface area contributed by atoms with Crippen LogP contribution in [0.5, 0.6) is 0 Å². The molecule has 4 heteroatoms. The Morgan fingerprint density at radius 2 is 2.32 bits per heavy atom. The number of rotatable bonds is 4. The van der Waals surface area contributed by atoms with Gasteiger partial charge in [0.05, 0.1) is 0 Å². The van der Waals surface area contributed by atoms with Gasteiger partial charge in [0.25, 0.3) is 0 Å². The number of carbonyl (C=O) groups excluding carboxylic acids is 1. The van der Waals surface area contributed by atoms with Crippen molar-refractivity contribution in [2.75, 3.05) is 13.1 Å². The maximum absolute atomic E-state index is 13.7. The van der Waals surface area contributed by atoms with Crippen LogP contribution >= 0.6 is 15.9 Å². The Bertz CT molecular complexity index is 469. The van der Waals surface area contributed by atoms with E-state index in [1.807, 2.05) is 6.92 Å². The van der Waals surface area contributed by atoms with Crippen molar-refractivity contribution in [3.8, 4) is 0 Å². The van der Waals surface area contributed by atoms with Gasteiger partial charge in [-0.3, -0.25) is 4.79 Å². The second-order valence-electron chi connectivity index (χ2n) is 5.25. The quantitative estimate of drug-likeness (QED) is 0.917. The van der Waals surface area contributed by atoms with Crippen molar-refractivity contribution < 1.29 is 9.18 Å². The minimum atomic E-state index is -0.312. The largest absolute Gasteiger partial charge is 0.316 e. The molecule has 0 spiro atoms. The van der Waals surface area contributed by atoms with Crippen LogP contribution in [0.25, 0.3) is 0 Å². The number of ketones is 1. The molecule has 1 atom stereocenters. The summed E-state index contributed by atoms with van der Waals surface area (Å²) < 4.78 is 14.5. The first-order chi connectivity index (χ1) is 9.07. The Balaban J connectivity index is 2.17. The number of nitrogens with one attached hydrogen (secondary N) is 1. The molecule has 0 radical (unpaired) electrons. The second-order valence-corrected chi connectivity index (χ2v) is 6.17. The molecule has 1 unspecified atom stereocenters. The van der Waals surface area contributed by atoms with E-state index in [0.717, 1.165) is 36.8 Å². The van der Waals surface area contributed by atoms with E-state index in [0.29, 0.717) is 5.56 Å². The topological polar surface area (TPSA) is 29.1 Å². The molecule has 104 valence electrons. The summed E-state index contributed by atoms with van der Waals surface area (Å²) in [4.78, 5) is 12.6. The highest BCUT2D eigenvalue weighted by Crippen LogP contribution is 2.32. The van der Waals surface area contributed by atoms with Crippen LogP contribution in [0, 0.1) is 11.2 Å². The molecular weight excluding hydrogens is 309 g/mol. The molecule has 0 aromatic heterocycles. The highest BCUT2D eigenvalue weighted by molar-refractivity contribution is 9.10. The average molecular weight is 328 g/mol. The van der Waals surface area contributed by atoms with Gasteiger partial charge in [-0.15, -0.1) is 0 Å². The first-order valence-electron chi connectivity index (χ1n) is 6.75. The Morgan fingerprint density at radius 3 is 2.95 bits per heavy atom. The van der Waals surface area contributed by atoms with Crippen LogP contribution < -0.4 is 5.32 Å². The van der Waals surface area contributed by atoms with Gasteiger partial charge >= 0.3 is 0 Å². The fourth-order valence-electron chi connectivity index (χ4n) is 2.74. The minimum Gasteiger partial charge on any atom is -0.316 e. The summed E-state index contributed by atoms with van der Waals surface area (Å²) in [7, 11) is 0. The molecule has 0 aliphatic carbocycles. The zero-order valence-electron chi connectivity index (χ0n) is 11.1. The van der Waals surface area contributed by atoms with E-state index in [-0.39, 0.29) is 23.4 Å². The van der Waals surface area contributed by atoms with Crippen molar-refractivity contribution in [1.29, 1.82) is 0 Å². The monoisotopic (exact) mass is 327 g/mol. The second kappa shape index (κ2) is 6.14. The fourth-order valence-corrected chi connectivity index (χ4v) is 3.15. The van der Waals surface area contributed by atoms with Crippen LogP contribution in [0.15, 0.2) is 22.7 Å². The average Bonchev–Trinajstić information content (AvgIpc) is 2.43. The van der Waals surface area contributed by atoms with Crippen LogP contribution in [0.3, 0.4) is 0 Å². The van der Waals surface area contributed by atoms with Crippen LogP contribution in [0.2, 0.25) is 0 Å². The van der Waals surface area contributed by atoms with Crippen LogP contribution in [-0.2, 0) is 11.2 Å². The van der Waals surface area contributed by atoms with E-state index >= 15 is 0 Å². The van der Waals surface area contributed by atoms with Crippen molar-refractivity contribution >= 4 is 21.7 Å². The lowest BCUT2D eigenvalue weighted by Gasteiger charge is -2.35. The lowest BCUT2D eigenvalue weighted by Crippen LogP contribution is -2.45. The molecule has 2 nitrogen and oxygen atoms in total. The van der Waals surface area contributed by atoms with E-state index in [9.17, 15) is 9.18 Å². The zero-order chi connectivity index (χ0) is 13.9. The van der Waals surface area contributed by atoms with E-state index in [4.69, 9.17) is 0 Å². The molecule has 1 fully saturated rings. The number of hydrogen-bond acceptors (Lipinski definition) is 2. The van der Waals surface area contributed by atoms with Crippen molar-refractivity contribution in [3.05, 3.63) is 34.1 Å². The molecule has 0 amide bonds. The van der Waals surface area contributed by atoms with E-state index in [1.165, 1.54) is 6.07 Å². The molecule has 1 N–H and O–H groups in total. The molecule has 1 aliphatic rings. The summed E-state index contributed by atoms with van der Waals surface area (Å²) in [5, 5.41) is 3.30. The standard InChI is InChI=1S/C15H19BrFNO/c1-2-15(6-3-7-18-10-15)14(19)9-11-8-12(16)4-5-13(11)17/h4-5,8,18H,2-3,6-7,9-10H2,1H3. The van der Waals surface area contributed by atoms with Crippen LogP contribution in [-0.4, -0.2) is 18.9 Å². The van der Waals surface area contributed by atoms with Gasteiger partial charge in [0, 0.05) is 22.9 Å². The lowest BCUT2D eigenvalue weighted by molar-refractivity contribution is -0.129. The third-order valence-electron chi connectivity index (χ3n) is 4.10. The SMILES string of the molecule is CCC1(C(=O)Cc2cc(Br)ccc2F)CCCNC1. The Morgan fingerprint density at radius 1 is 1.53 bits per heavy atom. The normalized spacial score (nSPS) is 23.3. The highest BCUT2D eigenvalue weighted by atomic mass is 79.9.